The van der Waals surface area contributed by atoms with Crippen LogP contribution < -0.4 is 5.73 Å². The summed E-state index contributed by atoms with van der Waals surface area (Å²) in [6.45, 7) is 0.719. The average Bonchev–Trinajstić information content (AvgIpc) is 3.32. The molecule has 9 heteroatoms. The van der Waals surface area contributed by atoms with Gasteiger partial charge in [-0.15, -0.1) is 10.2 Å². The Morgan fingerprint density at radius 2 is 1.50 bits per heavy atom. The zero-order chi connectivity index (χ0) is 21.3. The first-order valence-corrected chi connectivity index (χ1v) is 11.0. The van der Waals surface area contributed by atoms with Crippen LogP contribution in [0.5, 0.6) is 0 Å². The second kappa shape index (κ2) is 10.9. The van der Waals surface area contributed by atoms with Crippen LogP contribution in [0, 0.1) is 4.77 Å². The SMILES string of the molecule is Cn1c(-c2ccccc2)n[nH]c1=S.Cn1c(SCCCN)nnc1-c1ccccc1. The van der Waals surface area contributed by atoms with E-state index in [4.69, 9.17) is 18.0 Å². The van der Waals surface area contributed by atoms with Crippen LogP contribution in [0.2, 0.25) is 0 Å². The molecule has 0 aliphatic carbocycles. The molecule has 0 fully saturated rings. The van der Waals surface area contributed by atoms with Gasteiger partial charge in [-0.1, -0.05) is 72.4 Å². The van der Waals surface area contributed by atoms with Crippen LogP contribution in [0.4, 0.5) is 0 Å². The molecule has 156 valence electrons. The van der Waals surface area contributed by atoms with Gasteiger partial charge < -0.3 is 14.9 Å². The Bertz CT molecular complexity index is 1100. The third-order valence-corrected chi connectivity index (χ3v) is 5.83. The molecule has 4 rings (SSSR count). The molecule has 4 aromatic rings. The summed E-state index contributed by atoms with van der Waals surface area (Å²) in [4.78, 5) is 0. The highest BCUT2D eigenvalue weighted by molar-refractivity contribution is 7.99. The maximum absolute atomic E-state index is 5.47. The first kappa shape index (κ1) is 21.9. The summed E-state index contributed by atoms with van der Waals surface area (Å²) >= 11 is 6.72. The van der Waals surface area contributed by atoms with E-state index < -0.39 is 0 Å². The van der Waals surface area contributed by atoms with E-state index in [0.717, 1.165) is 46.7 Å². The number of hydrogen-bond donors (Lipinski definition) is 2. The smallest absolute Gasteiger partial charge is 0.195 e. The number of rotatable bonds is 6. The Morgan fingerprint density at radius 1 is 0.900 bits per heavy atom. The van der Waals surface area contributed by atoms with Gasteiger partial charge in [0.05, 0.1) is 0 Å². The van der Waals surface area contributed by atoms with Gasteiger partial charge >= 0.3 is 0 Å². The largest absolute Gasteiger partial charge is 0.330 e. The second-order valence-corrected chi connectivity index (χ2v) is 7.95. The molecular formula is C21H25N7S2. The lowest BCUT2D eigenvalue weighted by atomic mass is 10.2. The molecule has 0 atom stereocenters. The average molecular weight is 440 g/mol. The highest BCUT2D eigenvalue weighted by Crippen LogP contribution is 2.22. The number of aromatic amines is 1. The number of benzene rings is 2. The van der Waals surface area contributed by atoms with Crippen LogP contribution in [0.25, 0.3) is 22.8 Å². The molecule has 0 bridgehead atoms. The monoisotopic (exact) mass is 439 g/mol. The molecule has 2 heterocycles. The highest BCUT2D eigenvalue weighted by Gasteiger charge is 2.10. The molecule has 0 unspecified atom stereocenters. The lowest BCUT2D eigenvalue weighted by molar-refractivity contribution is 0.792. The summed E-state index contributed by atoms with van der Waals surface area (Å²) in [6, 6.07) is 20.0. The summed E-state index contributed by atoms with van der Waals surface area (Å²) in [5.41, 5.74) is 7.63. The third kappa shape index (κ3) is 5.44. The van der Waals surface area contributed by atoms with Gasteiger partial charge in [-0.25, -0.2) is 0 Å². The van der Waals surface area contributed by atoms with Crippen LogP contribution in [-0.4, -0.2) is 41.8 Å². The minimum absolute atomic E-state index is 0.638. The molecule has 7 nitrogen and oxygen atoms in total. The van der Waals surface area contributed by atoms with Gasteiger partial charge in [0.25, 0.3) is 0 Å². The van der Waals surface area contributed by atoms with Crippen LogP contribution >= 0.6 is 24.0 Å². The summed E-state index contributed by atoms with van der Waals surface area (Å²) in [5, 5.41) is 16.2. The van der Waals surface area contributed by atoms with Crippen molar-refractivity contribution < 1.29 is 0 Å². The molecular weight excluding hydrogens is 414 g/mol. The lowest BCUT2D eigenvalue weighted by Gasteiger charge is -2.03. The van der Waals surface area contributed by atoms with E-state index in [1.165, 1.54) is 0 Å². The van der Waals surface area contributed by atoms with Gasteiger partial charge in [0.1, 0.15) is 0 Å². The standard InChI is InChI=1S/C12H16N4S.C9H9N3S/c1-16-11(10-6-3-2-4-7-10)14-15-12(16)17-9-5-8-13;1-12-8(10-11-9(12)13)7-5-3-2-4-6-7/h2-4,6-7H,5,8-9,13H2,1H3;2-6H,1H3,(H,11,13). The Balaban J connectivity index is 0.000000177. The predicted molar refractivity (Wildman–Crippen MR) is 125 cm³/mol. The molecule has 0 aliphatic rings. The van der Waals surface area contributed by atoms with Crippen LogP contribution in [-0.2, 0) is 14.1 Å². The fourth-order valence-electron chi connectivity index (χ4n) is 2.72. The van der Waals surface area contributed by atoms with Gasteiger partial charge in [-0.05, 0) is 25.2 Å². The number of nitrogens with zero attached hydrogens (tertiary/aromatic N) is 5. The topological polar surface area (TPSA) is 90.3 Å². The van der Waals surface area contributed by atoms with E-state index in [2.05, 4.69) is 20.4 Å². The number of thioether (sulfide) groups is 1. The van der Waals surface area contributed by atoms with Gasteiger partial charge in [0.2, 0.25) is 0 Å². The van der Waals surface area contributed by atoms with E-state index >= 15 is 0 Å². The van der Waals surface area contributed by atoms with Gasteiger partial charge in [0, 0.05) is 31.0 Å². The van der Waals surface area contributed by atoms with Crippen molar-refractivity contribution in [3.05, 3.63) is 65.4 Å². The Hall–Kier alpha value is -2.75. The number of H-pyrrole nitrogens is 1. The van der Waals surface area contributed by atoms with Crippen molar-refractivity contribution >= 4 is 24.0 Å². The molecule has 2 aromatic heterocycles. The summed E-state index contributed by atoms with van der Waals surface area (Å²) < 4.78 is 4.51. The van der Waals surface area contributed by atoms with Crippen LogP contribution in [0.15, 0.2) is 65.8 Å². The summed E-state index contributed by atoms with van der Waals surface area (Å²) in [5.74, 6) is 2.75. The maximum Gasteiger partial charge on any atom is 0.195 e. The number of nitrogens with one attached hydrogen (secondary N) is 1. The Labute approximate surface area is 185 Å². The number of hydrogen-bond acceptors (Lipinski definition) is 6. The molecule has 0 aliphatic heterocycles. The van der Waals surface area contributed by atoms with Gasteiger partial charge in [-0.3, -0.25) is 5.10 Å². The minimum Gasteiger partial charge on any atom is -0.330 e. The van der Waals surface area contributed by atoms with E-state index in [9.17, 15) is 0 Å². The fraction of sp³-hybridized carbons (Fsp3) is 0.238. The van der Waals surface area contributed by atoms with Crippen molar-refractivity contribution in [2.24, 2.45) is 19.8 Å². The van der Waals surface area contributed by atoms with E-state index in [0.29, 0.717) is 4.77 Å². The first-order valence-electron chi connectivity index (χ1n) is 9.56. The van der Waals surface area contributed by atoms with Crippen molar-refractivity contribution in [3.63, 3.8) is 0 Å². The molecule has 0 saturated heterocycles. The highest BCUT2D eigenvalue weighted by atomic mass is 32.2. The van der Waals surface area contributed by atoms with Gasteiger partial charge in [0.15, 0.2) is 21.6 Å². The number of nitrogens with two attached hydrogens (primary N) is 1. The maximum atomic E-state index is 5.47. The van der Waals surface area contributed by atoms with Crippen molar-refractivity contribution in [1.29, 1.82) is 0 Å². The van der Waals surface area contributed by atoms with Gasteiger partial charge in [-0.2, -0.15) is 5.10 Å². The molecule has 30 heavy (non-hydrogen) atoms. The Morgan fingerprint density at radius 3 is 2.03 bits per heavy atom. The molecule has 0 saturated carbocycles. The van der Waals surface area contributed by atoms with Crippen molar-refractivity contribution in [1.82, 2.24) is 29.5 Å². The fourth-order valence-corrected chi connectivity index (χ4v) is 3.72. The minimum atomic E-state index is 0.638. The summed E-state index contributed by atoms with van der Waals surface area (Å²) in [6.07, 6.45) is 0.998. The van der Waals surface area contributed by atoms with E-state index in [-0.39, 0.29) is 0 Å². The zero-order valence-electron chi connectivity index (χ0n) is 17.0. The molecule has 0 amide bonds. The number of aromatic nitrogens is 6. The quantitative estimate of drug-likeness (QED) is 0.267. The van der Waals surface area contributed by atoms with Crippen LogP contribution in [0.1, 0.15) is 6.42 Å². The van der Waals surface area contributed by atoms with Crippen molar-refractivity contribution in [3.8, 4) is 22.8 Å². The lowest BCUT2D eigenvalue weighted by Crippen LogP contribution is -2.00. The predicted octanol–water partition coefficient (Wildman–Crippen LogP) is 4.07. The van der Waals surface area contributed by atoms with Crippen LogP contribution in [0.3, 0.4) is 0 Å². The van der Waals surface area contributed by atoms with E-state index in [1.54, 1.807) is 11.8 Å². The van der Waals surface area contributed by atoms with Crippen molar-refractivity contribution in [2.75, 3.05) is 12.3 Å². The normalized spacial score (nSPS) is 10.5. The van der Waals surface area contributed by atoms with E-state index in [1.807, 2.05) is 83.9 Å². The Kier molecular flexibility index (Phi) is 7.95. The second-order valence-electron chi connectivity index (χ2n) is 6.50. The zero-order valence-corrected chi connectivity index (χ0v) is 18.7. The molecule has 3 N–H and O–H groups in total. The molecule has 0 spiro atoms. The van der Waals surface area contributed by atoms with Crippen molar-refractivity contribution in [2.45, 2.75) is 11.6 Å². The molecule has 0 radical (unpaired) electrons. The molecule has 2 aromatic carbocycles. The first-order chi connectivity index (χ1) is 14.6. The third-order valence-electron chi connectivity index (χ3n) is 4.36. The summed E-state index contributed by atoms with van der Waals surface area (Å²) in [7, 11) is 3.89.